The number of benzene rings is 2. The second-order valence-electron chi connectivity index (χ2n) is 5.39. The number of aromatic hydroxyl groups is 1. The molecule has 27 heavy (non-hydrogen) atoms. The van der Waals surface area contributed by atoms with Crippen LogP contribution in [0.5, 0.6) is 5.75 Å². The van der Waals surface area contributed by atoms with E-state index in [-0.39, 0.29) is 18.7 Å². The maximum absolute atomic E-state index is 12.8. The van der Waals surface area contributed by atoms with Crippen LogP contribution in [0.2, 0.25) is 5.02 Å². The highest BCUT2D eigenvalue weighted by Crippen LogP contribution is 2.35. The molecule has 0 aliphatic rings. The number of carbonyl (C=O) groups excluding carboxylic acids is 1. The number of alkyl halides is 3. The van der Waals surface area contributed by atoms with Crippen molar-refractivity contribution in [2.75, 3.05) is 11.9 Å². The molecule has 0 atom stereocenters. The van der Waals surface area contributed by atoms with E-state index < -0.39 is 37.6 Å². The molecule has 146 valence electrons. The minimum Gasteiger partial charge on any atom is -0.508 e. The Morgan fingerprint density at radius 1 is 1.15 bits per heavy atom. The van der Waals surface area contributed by atoms with Gasteiger partial charge in [-0.25, -0.2) is 13.1 Å². The Bertz CT molecular complexity index is 949. The molecule has 0 saturated carbocycles. The van der Waals surface area contributed by atoms with Gasteiger partial charge in [0.05, 0.1) is 15.5 Å². The summed E-state index contributed by atoms with van der Waals surface area (Å²) in [6, 6.07) is 7.94. The standard InChI is InChI=1S/C16H14ClF3N2O4S/c17-14-5-4-12(9-13(14)16(18,19)20)27(25,26)21-7-6-15(24)22-10-2-1-3-11(23)8-10/h1-5,8-9,21,23H,6-7H2,(H,22,24). The van der Waals surface area contributed by atoms with Gasteiger partial charge in [0.2, 0.25) is 15.9 Å². The molecule has 0 radical (unpaired) electrons. The van der Waals surface area contributed by atoms with E-state index in [0.717, 1.165) is 12.1 Å². The number of amides is 1. The molecule has 0 aliphatic carbocycles. The van der Waals surface area contributed by atoms with Gasteiger partial charge in [0, 0.05) is 24.7 Å². The van der Waals surface area contributed by atoms with Gasteiger partial charge in [-0.15, -0.1) is 0 Å². The Hall–Kier alpha value is -2.30. The van der Waals surface area contributed by atoms with Gasteiger partial charge in [0.25, 0.3) is 0 Å². The molecule has 2 aromatic rings. The van der Waals surface area contributed by atoms with Gasteiger partial charge < -0.3 is 10.4 Å². The summed E-state index contributed by atoms with van der Waals surface area (Å²) in [5.41, 5.74) is -0.955. The molecule has 0 spiro atoms. The Labute approximate surface area is 158 Å². The minimum absolute atomic E-state index is 0.0586. The summed E-state index contributed by atoms with van der Waals surface area (Å²) in [6.45, 7) is -0.336. The maximum atomic E-state index is 12.8. The van der Waals surface area contributed by atoms with Crippen molar-refractivity contribution in [1.29, 1.82) is 0 Å². The van der Waals surface area contributed by atoms with Crippen molar-refractivity contribution in [1.82, 2.24) is 4.72 Å². The van der Waals surface area contributed by atoms with Gasteiger partial charge in [0.1, 0.15) is 5.75 Å². The Balaban J connectivity index is 2.00. The van der Waals surface area contributed by atoms with Crippen LogP contribution in [0.4, 0.5) is 18.9 Å². The fraction of sp³-hybridized carbons (Fsp3) is 0.188. The zero-order valence-electron chi connectivity index (χ0n) is 13.5. The van der Waals surface area contributed by atoms with E-state index >= 15 is 0 Å². The molecule has 1 amide bonds. The number of hydrogen-bond acceptors (Lipinski definition) is 4. The van der Waals surface area contributed by atoms with Crippen LogP contribution in [0.1, 0.15) is 12.0 Å². The number of anilines is 1. The lowest BCUT2D eigenvalue weighted by atomic mass is 10.2. The fourth-order valence-corrected chi connectivity index (χ4v) is 3.36. The summed E-state index contributed by atoms with van der Waals surface area (Å²) in [5.74, 6) is -0.605. The monoisotopic (exact) mass is 422 g/mol. The number of nitrogens with one attached hydrogen (secondary N) is 2. The van der Waals surface area contributed by atoms with E-state index in [1.165, 1.54) is 24.3 Å². The minimum atomic E-state index is -4.80. The van der Waals surface area contributed by atoms with Crippen molar-refractivity contribution < 1.29 is 31.5 Å². The molecule has 0 fully saturated rings. The Morgan fingerprint density at radius 2 is 1.85 bits per heavy atom. The Morgan fingerprint density at radius 3 is 2.48 bits per heavy atom. The molecule has 0 unspecified atom stereocenters. The van der Waals surface area contributed by atoms with Crippen molar-refractivity contribution in [2.24, 2.45) is 0 Å². The second-order valence-corrected chi connectivity index (χ2v) is 7.56. The highest BCUT2D eigenvalue weighted by atomic mass is 35.5. The number of sulfonamides is 1. The van der Waals surface area contributed by atoms with Crippen LogP contribution < -0.4 is 10.0 Å². The largest absolute Gasteiger partial charge is 0.508 e. The number of carbonyl (C=O) groups is 1. The number of phenolic OH excluding ortho intramolecular Hbond substituents is 1. The quantitative estimate of drug-likeness (QED) is 0.665. The van der Waals surface area contributed by atoms with Crippen molar-refractivity contribution >= 4 is 33.2 Å². The fourth-order valence-electron chi connectivity index (χ4n) is 2.08. The number of rotatable bonds is 6. The molecule has 0 aliphatic heterocycles. The molecular formula is C16H14ClF3N2O4S. The topological polar surface area (TPSA) is 95.5 Å². The average Bonchev–Trinajstić information content (AvgIpc) is 2.53. The average molecular weight is 423 g/mol. The van der Waals surface area contributed by atoms with Crippen molar-refractivity contribution in [3.05, 3.63) is 53.1 Å². The summed E-state index contributed by atoms with van der Waals surface area (Å²) < 4.78 is 64.8. The van der Waals surface area contributed by atoms with Crippen LogP contribution in [-0.4, -0.2) is 26.0 Å². The lowest BCUT2D eigenvalue weighted by molar-refractivity contribution is -0.137. The summed E-state index contributed by atoms with van der Waals surface area (Å²) in [4.78, 5) is 11.2. The maximum Gasteiger partial charge on any atom is 0.417 e. The van der Waals surface area contributed by atoms with Crippen LogP contribution in [0, 0.1) is 0 Å². The van der Waals surface area contributed by atoms with Gasteiger partial charge >= 0.3 is 6.18 Å². The summed E-state index contributed by atoms with van der Waals surface area (Å²) in [6.07, 6.45) is -5.07. The summed E-state index contributed by atoms with van der Waals surface area (Å²) in [5, 5.41) is 11.1. The van der Waals surface area contributed by atoms with Crippen molar-refractivity contribution in [3.8, 4) is 5.75 Å². The SMILES string of the molecule is O=C(CCNS(=O)(=O)c1ccc(Cl)c(C(F)(F)F)c1)Nc1cccc(O)c1. The van der Waals surface area contributed by atoms with Crippen LogP contribution in [0.3, 0.4) is 0 Å². The number of phenols is 1. The molecule has 3 N–H and O–H groups in total. The molecule has 0 heterocycles. The zero-order valence-corrected chi connectivity index (χ0v) is 15.1. The van der Waals surface area contributed by atoms with Crippen LogP contribution in [-0.2, 0) is 21.0 Å². The third-order valence-electron chi connectivity index (χ3n) is 3.33. The summed E-state index contributed by atoms with van der Waals surface area (Å²) >= 11 is 5.46. The van der Waals surface area contributed by atoms with Gasteiger partial charge in [-0.05, 0) is 30.3 Å². The third-order valence-corrected chi connectivity index (χ3v) is 5.12. The van der Waals surface area contributed by atoms with E-state index in [0.29, 0.717) is 11.8 Å². The van der Waals surface area contributed by atoms with E-state index in [4.69, 9.17) is 11.6 Å². The molecule has 2 aromatic carbocycles. The first-order chi connectivity index (χ1) is 12.5. The number of halogens is 4. The van der Waals surface area contributed by atoms with Gasteiger partial charge in [-0.3, -0.25) is 4.79 Å². The highest BCUT2D eigenvalue weighted by molar-refractivity contribution is 7.89. The number of hydrogen-bond donors (Lipinski definition) is 3. The van der Waals surface area contributed by atoms with Gasteiger partial charge in [-0.2, -0.15) is 13.2 Å². The second kappa shape index (κ2) is 8.15. The molecule has 0 bridgehead atoms. The van der Waals surface area contributed by atoms with E-state index in [9.17, 15) is 31.5 Å². The lowest BCUT2D eigenvalue weighted by Gasteiger charge is -2.12. The smallest absolute Gasteiger partial charge is 0.417 e. The molecular weight excluding hydrogens is 409 g/mol. The predicted molar refractivity (Wildman–Crippen MR) is 93.0 cm³/mol. The first-order valence-electron chi connectivity index (χ1n) is 7.44. The molecule has 0 aromatic heterocycles. The van der Waals surface area contributed by atoms with Gasteiger partial charge in [-0.1, -0.05) is 17.7 Å². The summed E-state index contributed by atoms with van der Waals surface area (Å²) in [7, 11) is -4.26. The zero-order chi connectivity index (χ0) is 20.2. The normalized spacial score (nSPS) is 12.0. The van der Waals surface area contributed by atoms with Crippen LogP contribution >= 0.6 is 11.6 Å². The van der Waals surface area contributed by atoms with Gasteiger partial charge in [0.15, 0.2) is 0 Å². The van der Waals surface area contributed by atoms with Crippen molar-refractivity contribution in [3.63, 3.8) is 0 Å². The van der Waals surface area contributed by atoms with Crippen molar-refractivity contribution in [2.45, 2.75) is 17.5 Å². The molecule has 6 nitrogen and oxygen atoms in total. The van der Waals surface area contributed by atoms with E-state index in [1.54, 1.807) is 0 Å². The van der Waals surface area contributed by atoms with E-state index in [1.807, 2.05) is 0 Å². The Kier molecular flexibility index (Phi) is 6.34. The highest BCUT2D eigenvalue weighted by Gasteiger charge is 2.34. The third kappa shape index (κ3) is 5.84. The first-order valence-corrected chi connectivity index (χ1v) is 9.30. The van der Waals surface area contributed by atoms with Crippen LogP contribution in [0.25, 0.3) is 0 Å². The lowest BCUT2D eigenvalue weighted by Crippen LogP contribution is -2.28. The first kappa shape index (κ1) is 21.0. The molecule has 11 heteroatoms. The van der Waals surface area contributed by atoms with Crippen LogP contribution in [0.15, 0.2) is 47.4 Å². The predicted octanol–water partition coefficient (Wildman–Crippen LogP) is 3.37. The molecule has 0 saturated heterocycles. The molecule has 2 rings (SSSR count). The van der Waals surface area contributed by atoms with E-state index in [2.05, 4.69) is 10.0 Å².